The second-order valence-electron chi connectivity index (χ2n) is 4.28. The van der Waals surface area contributed by atoms with Crippen molar-refractivity contribution >= 4 is 38.5 Å². The van der Waals surface area contributed by atoms with Gasteiger partial charge in [-0.25, -0.2) is 4.39 Å². The van der Waals surface area contributed by atoms with Crippen LogP contribution in [-0.2, 0) is 0 Å². The number of rotatable bonds is 4. The summed E-state index contributed by atoms with van der Waals surface area (Å²) >= 11 is 5.50. The number of methoxy groups -OCH3 is 1. The minimum absolute atomic E-state index is 0.0566. The summed E-state index contributed by atoms with van der Waals surface area (Å²) in [6.45, 7) is 0. The van der Waals surface area contributed by atoms with Crippen molar-refractivity contribution in [2.75, 3.05) is 14.2 Å². The maximum Gasteiger partial charge on any atom is 0.141 e. The molecular weight excluding hydrogens is 436 g/mol. The van der Waals surface area contributed by atoms with E-state index in [1.807, 2.05) is 19.2 Å². The third kappa shape index (κ3) is 3.32. The van der Waals surface area contributed by atoms with E-state index in [0.29, 0.717) is 10.2 Å². The molecular formula is C15H14BrFINO. The first-order chi connectivity index (χ1) is 9.56. The van der Waals surface area contributed by atoms with E-state index >= 15 is 0 Å². The minimum Gasteiger partial charge on any atom is -0.496 e. The molecule has 0 heterocycles. The molecule has 20 heavy (non-hydrogen) atoms. The van der Waals surface area contributed by atoms with E-state index in [1.165, 1.54) is 9.64 Å². The van der Waals surface area contributed by atoms with E-state index in [2.05, 4.69) is 56.0 Å². The summed E-state index contributed by atoms with van der Waals surface area (Å²) in [5.41, 5.74) is 1.99. The molecule has 1 atom stereocenters. The molecule has 2 aromatic carbocycles. The van der Waals surface area contributed by atoms with Gasteiger partial charge in [0.25, 0.3) is 0 Å². The van der Waals surface area contributed by atoms with Crippen LogP contribution in [0.4, 0.5) is 4.39 Å². The zero-order valence-electron chi connectivity index (χ0n) is 11.1. The van der Waals surface area contributed by atoms with E-state index in [4.69, 9.17) is 4.74 Å². The predicted octanol–water partition coefficient (Wildman–Crippen LogP) is 4.51. The molecule has 0 radical (unpaired) electrons. The van der Waals surface area contributed by atoms with Crippen LogP contribution in [-0.4, -0.2) is 14.2 Å². The van der Waals surface area contributed by atoms with Crippen molar-refractivity contribution in [1.29, 1.82) is 0 Å². The summed E-state index contributed by atoms with van der Waals surface area (Å²) in [6, 6.07) is 11.3. The Morgan fingerprint density at radius 2 is 1.90 bits per heavy atom. The molecule has 0 amide bonds. The molecule has 0 saturated heterocycles. The standard InChI is InChI=1S/C15H14BrFINO/c1-19-15(9-3-5-10(18)6-4-9)11-7-12(16)13(17)8-14(11)20-2/h3-8,15,19H,1-2H3. The zero-order chi connectivity index (χ0) is 14.7. The molecule has 2 nitrogen and oxygen atoms in total. The summed E-state index contributed by atoms with van der Waals surface area (Å²) < 4.78 is 20.5. The largest absolute Gasteiger partial charge is 0.496 e. The summed E-state index contributed by atoms with van der Waals surface area (Å²) in [5.74, 6) is 0.201. The first kappa shape index (κ1) is 15.7. The molecule has 0 aliphatic heterocycles. The van der Waals surface area contributed by atoms with Gasteiger partial charge in [-0.2, -0.15) is 0 Å². The van der Waals surface area contributed by atoms with E-state index < -0.39 is 0 Å². The Kier molecular flexibility index (Phi) is 5.40. The van der Waals surface area contributed by atoms with Gasteiger partial charge in [0, 0.05) is 15.2 Å². The second kappa shape index (κ2) is 6.87. The summed E-state index contributed by atoms with van der Waals surface area (Å²) in [6.07, 6.45) is 0. The average molecular weight is 450 g/mol. The quantitative estimate of drug-likeness (QED) is 0.693. The van der Waals surface area contributed by atoms with Crippen LogP contribution < -0.4 is 10.1 Å². The highest BCUT2D eigenvalue weighted by Gasteiger charge is 2.19. The SMILES string of the molecule is CNC(c1ccc(I)cc1)c1cc(Br)c(F)cc1OC. The van der Waals surface area contributed by atoms with E-state index in [9.17, 15) is 4.39 Å². The molecule has 5 heteroatoms. The van der Waals surface area contributed by atoms with Gasteiger partial charge in [-0.1, -0.05) is 12.1 Å². The van der Waals surface area contributed by atoms with Gasteiger partial charge in [-0.15, -0.1) is 0 Å². The molecule has 0 aliphatic carbocycles. The van der Waals surface area contributed by atoms with Crippen molar-refractivity contribution in [2.45, 2.75) is 6.04 Å². The first-order valence-corrected chi connectivity index (χ1v) is 7.89. The molecule has 106 valence electrons. The fraction of sp³-hybridized carbons (Fsp3) is 0.200. The fourth-order valence-corrected chi connectivity index (χ4v) is 2.82. The Morgan fingerprint density at radius 1 is 1.25 bits per heavy atom. The monoisotopic (exact) mass is 449 g/mol. The van der Waals surface area contributed by atoms with Crippen molar-refractivity contribution in [3.05, 3.63) is 61.4 Å². The molecule has 0 aromatic heterocycles. The fourth-order valence-electron chi connectivity index (χ4n) is 2.10. The van der Waals surface area contributed by atoms with E-state index in [-0.39, 0.29) is 11.9 Å². The maximum atomic E-state index is 13.6. The van der Waals surface area contributed by atoms with Gasteiger partial charge >= 0.3 is 0 Å². The second-order valence-corrected chi connectivity index (χ2v) is 6.38. The number of ether oxygens (including phenoxy) is 1. The number of nitrogens with one attached hydrogen (secondary N) is 1. The van der Waals surface area contributed by atoms with Crippen LogP contribution in [0, 0.1) is 9.39 Å². The molecule has 2 aromatic rings. The van der Waals surface area contributed by atoms with Gasteiger partial charge in [0.15, 0.2) is 0 Å². The first-order valence-electron chi connectivity index (χ1n) is 6.02. The van der Waals surface area contributed by atoms with Crippen LogP contribution in [0.3, 0.4) is 0 Å². The summed E-state index contributed by atoms with van der Waals surface area (Å²) in [4.78, 5) is 0. The maximum absolute atomic E-state index is 13.6. The highest BCUT2D eigenvalue weighted by Crippen LogP contribution is 2.34. The van der Waals surface area contributed by atoms with Crippen LogP contribution >= 0.6 is 38.5 Å². The van der Waals surface area contributed by atoms with Crippen LogP contribution in [0.2, 0.25) is 0 Å². The Bertz CT molecular complexity index is 604. The number of benzene rings is 2. The molecule has 1 N–H and O–H groups in total. The zero-order valence-corrected chi connectivity index (χ0v) is 14.8. The molecule has 0 spiro atoms. The van der Waals surface area contributed by atoms with Gasteiger partial charge < -0.3 is 10.1 Å². The van der Waals surface area contributed by atoms with Crippen molar-refractivity contribution in [3.8, 4) is 5.75 Å². The molecule has 2 rings (SSSR count). The normalized spacial score (nSPS) is 12.2. The highest BCUT2D eigenvalue weighted by atomic mass is 127. The third-order valence-corrected chi connectivity index (χ3v) is 4.40. The lowest BCUT2D eigenvalue weighted by molar-refractivity contribution is 0.401. The van der Waals surface area contributed by atoms with Crippen molar-refractivity contribution in [1.82, 2.24) is 5.32 Å². The Morgan fingerprint density at radius 3 is 2.45 bits per heavy atom. The van der Waals surface area contributed by atoms with Crippen LogP contribution in [0.1, 0.15) is 17.2 Å². The molecule has 0 fully saturated rings. The van der Waals surface area contributed by atoms with Crippen molar-refractivity contribution in [2.24, 2.45) is 0 Å². The van der Waals surface area contributed by atoms with E-state index in [1.54, 1.807) is 13.2 Å². The van der Waals surface area contributed by atoms with Gasteiger partial charge in [0.05, 0.1) is 17.6 Å². The highest BCUT2D eigenvalue weighted by molar-refractivity contribution is 14.1. The molecule has 0 bridgehead atoms. The van der Waals surface area contributed by atoms with Crippen LogP contribution in [0.15, 0.2) is 40.9 Å². The topological polar surface area (TPSA) is 21.3 Å². The lowest BCUT2D eigenvalue weighted by atomic mass is 9.98. The number of hydrogen-bond donors (Lipinski definition) is 1. The number of halogens is 3. The Balaban J connectivity index is 2.51. The van der Waals surface area contributed by atoms with Gasteiger partial charge in [-0.05, 0) is 69.3 Å². The molecule has 1 unspecified atom stereocenters. The van der Waals surface area contributed by atoms with Gasteiger partial charge in [0.1, 0.15) is 11.6 Å². The minimum atomic E-state index is -0.330. The van der Waals surface area contributed by atoms with Crippen LogP contribution in [0.5, 0.6) is 5.75 Å². The summed E-state index contributed by atoms with van der Waals surface area (Å²) in [5, 5.41) is 3.25. The van der Waals surface area contributed by atoms with E-state index in [0.717, 1.165) is 11.1 Å². The lowest BCUT2D eigenvalue weighted by Crippen LogP contribution is -2.18. The molecule has 0 aliphatic rings. The third-order valence-electron chi connectivity index (χ3n) is 3.08. The predicted molar refractivity (Wildman–Crippen MR) is 90.7 cm³/mol. The lowest BCUT2D eigenvalue weighted by Gasteiger charge is -2.20. The molecule has 0 saturated carbocycles. The van der Waals surface area contributed by atoms with Gasteiger partial charge in [0.2, 0.25) is 0 Å². The number of hydrogen-bond acceptors (Lipinski definition) is 2. The average Bonchev–Trinajstić information content (AvgIpc) is 2.45. The smallest absolute Gasteiger partial charge is 0.141 e. The Labute approximate surface area is 140 Å². The van der Waals surface area contributed by atoms with Gasteiger partial charge in [-0.3, -0.25) is 0 Å². The van der Waals surface area contributed by atoms with Crippen LogP contribution in [0.25, 0.3) is 0 Å². The van der Waals surface area contributed by atoms with Crippen molar-refractivity contribution < 1.29 is 9.13 Å². The summed E-state index contributed by atoms with van der Waals surface area (Å²) in [7, 11) is 3.42. The Hall–Kier alpha value is -0.660. The van der Waals surface area contributed by atoms with Crippen molar-refractivity contribution in [3.63, 3.8) is 0 Å².